The fourth-order valence-electron chi connectivity index (χ4n) is 2.42. The lowest BCUT2D eigenvalue weighted by Crippen LogP contribution is -2.51. The first-order valence-electron chi connectivity index (χ1n) is 6.52. The minimum absolute atomic E-state index is 0.163. The van der Waals surface area contributed by atoms with Crippen LogP contribution in [0.3, 0.4) is 0 Å². The summed E-state index contributed by atoms with van der Waals surface area (Å²) in [4.78, 5) is 2.28. The van der Waals surface area contributed by atoms with Gasteiger partial charge in [-0.3, -0.25) is 0 Å². The van der Waals surface area contributed by atoms with Crippen molar-refractivity contribution in [2.75, 3.05) is 33.8 Å². The van der Waals surface area contributed by atoms with Crippen LogP contribution in [0.15, 0.2) is 18.2 Å². The fraction of sp³-hybridized carbons (Fsp3) is 0.571. The second kappa shape index (κ2) is 6.91. The topological polar surface area (TPSA) is 24.5 Å². The van der Waals surface area contributed by atoms with Gasteiger partial charge in [0, 0.05) is 29.2 Å². The Bertz CT molecular complexity index is 408. The van der Waals surface area contributed by atoms with Gasteiger partial charge in [0.25, 0.3) is 0 Å². The number of morpholine rings is 1. The van der Waals surface area contributed by atoms with Crippen molar-refractivity contribution in [2.24, 2.45) is 0 Å². The predicted molar refractivity (Wildman–Crippen MR) is 80.3 cm³/mol. The number of hydrogen-bond acceptors (Lipinski definition) is 3. The molecule has 1 aromatic carbocycles. The molecule has 1 N–H and O–H groups in total. The van der Waals surface area contributed by atoms with E-state index in [0.29, 0.717) is 0 Å². The van der Waals surface area contributed by atoms with Crippen molar-refractivity contribution >= 4 is 23.2 Å². The molecular weight excluding hydrogens is 283 g/mol. The molecule has 1 heterocycles. The predicted octanol–water partition coefficient (Wildman–Crippen LogP) is 2.45. The van der Waals surface area contributed by atoms with Gasteiger partial charge in [-0.05, 0) is 38.2 Å². The first-order chi connectivity index (χ1) is 9.11. The third kappa shape index (κ3) is 3.83. The highest BCUT2D eigenvalue weighted by molar-refractivity contribution is 6.36. The van der Waals surface area contributed by atoms with Gasteiger partial charge in [-0.1, -0.05) is 29.3 Å². The van der Waals surface area contributed by atoms with Gasteiger partial charge < -0.3 is 15.0 Å². The summed E-state index contributed by atoms with van der Waals surface area (Å²) >= 11 is 12.5. The van der Waals surface area contributed by atoms with Crippen LogP contribution < -0.4 is 5.32 Å². The summed E-state index contributed by atoms with van der Waals surface area (Å²) in [7, 11) is 4.07. The second-order valence-electron chi connectivity index (χ2n) is 4.97. The third-order valence-electron chi connectivity index (χ3n) is 3.60. The summed E-state index contributed by atoms with van der Waals surface area (Å²) in [6.07, 6.45) is 0.934. The summed E-state index contributed by atoms with van der Waals surface area (Å²) in [5, 5.41) is 4.77. The highest BCUT2D eigenvalue weighted by atomic mass is 35.5. The van der Waals surface area contributed by atoms with Crippen LogP contribution in [0.2, 0.25) is 10.0 Å². The zero-order valence-corrected chi connectivity index (χ0v) is 12.8. The lowest BCUT2D eigenvalue weighted by Gasteiger charge is -2.35. The van der Waals surface area contributed by atoms with Crippen molar-refractivity contribution in [3.05, 3.63) is 33.8 Å². The molecule has 0 aliphatic carbocycles. The monoisotopic (exact) mass is 302 g/mol. The number of benzene rings is 1. The molecule has 0 saturated carbocycles. The van der Waals surface area contributed by atoms with Crippen molar-refractivity contribution in [1.29, 1.82) is 0 Å². The van der Waals surface area contributed by atoms with Gasteiger partial charge in [0.15, 0.2) is 0 Å². The number of hydrogen-bond donors (Lipinski definition) is 1. The maximum atomic E-state index is 6.23. The van der Waals surface area contributed by atoms with Gasteiger partial charge in [-0.25, -0.2) is 0 Å². The fourth-order valence-corrected chi connectivity index (χ4v) is 2.97. The highest BCUT2D eigenvalue weighted by Crippen LogP contribution is 2.26. The molecule has 1 aliphatic rings. The normalized spacial score (nSPS) is 22.4. The Hall–Kier alpha value is -0.320. The van der Waals surface area contributed by atoms with E-state index >= 15 is 0 Å². The number of rotatable bonds is 4. The zero-order chi connectivity index (χ0) is 13.8. The molecule has 0 aromatic heterocycles. The Kier molecular flexibility index (Phi) is 5.48. The molecule has 2 atom stereocenters. The van der Waals surface area contributed by atoms with Gasteiger partial charge in [-0.15, -0.1) is 0 Å². The average molecular weight is 303 g/mol. The number of nitrogens with zero attached hydrogens (tertiary/aromatic N) is 1. The largest absolute Gasteiger partial charge is 0.374 e. The molecule has 1 aliphatic heterocycles. The Balaban J connectivity index is 2.10. The van der Waals surface area contributed by atoms with Crippen molar-refractivity contribution < 1.29 is 4.74 Å². The molecule has 0 amide bonds. The smallest absolute Gasteiger partial charge is 0.0858 e. The maximum Gasteiger partial charge on any atom is 0.0858 e. The lowest BCUT2D eigenvalue weighted by atomic mass is 10.00. The Morgan fingerprint density at radius 2 is 2.11 bits per heavy atom. The standard InChI is InChI=1S/C14H20Cl2N2O/c1-17-13(14-9-18(2)6-7-19-14)8-10-11(15)4-3-5-12(10)16/h3-5,13-14,17H,6-9H2,1-2H3. The Labute approximate surface area is 124 Å². The van der Waals surface area contributed by atoms with Crippen LogP contribution >= 0.6 is 23.2 Å². The van der Waals surface area contributed by atoms with Crippen LogP contribution in [0.1, 0.15) is 5.56 Å². The second-order valence-corrected chi connectivity index (χ2v) is 5.79. The van der Waals surface area contributed by atoms with E-state index in [1.165, 1.54) is 0 Å². The van der Waals surface area contributed by atoms with Crippen LogP contribution in [0.5, 0.6) is 0 Å². The van der Waals surface area contributed by atoms with Crippen LogP contribution in [0, 0.1) is 0 Å². The molecule has 0 bridgehead atoms. The van der Waals surface area contributed by atoms with E-state index in [-0.39, 0.29) is 12.1 Å². The van der Waals surface area contributed by atoms with Crippen molar-refractivity contribution in [2.45, 2.75) is 18.6 Å². The van der Waals surface area contributed by atoms with E-state index in [9.17, 15) is 0 Å². The number of halogens is 2. The quantitative estimate of drug-likeness (QED) is 0.925. The molecule has 1 fully saturated rings. The molecule has 2 unspecified atom stereocenters. The molecule has 0 radical (unpaired) electrons. The molecule has 3 nitrogen and oxygen atoms in total. The van der Waals surface area contributed by atoms with Gasteiger partial charge >= 0.3 is 0 Å². The van der Waals surface area contributed by atoms with Crippen LogP contribution in [-0.4, -0.2) is 50.8 Å². The van der Waals surface area contributed by atoms with Gasteiger partial charge in [0.1, 0.15) is 0 Å². The van der Waals surface area contributed by atoms with Crippen LogP contribution in [0.25, 0.3) is 0 Å². The molecule has 2 rings (SSSR count). The van der Waals surface area contributed by atoms with Gasteiger partial charge in [0.2, 0.25) is 0 Å². The van der Waals surface area contributed by atoms with Crippen LogP contribution in [0.4, 0.5) is 0 Å². The molecule has 106 valence electrons. The Morgan fingerprint density at radius 1 is 1.42 bits per heavy atom. The zero-order valence-electron chi connectivity index (χ0n) is 11.3. The number of nitrogens with one attached hydrogen (secondary N) is 1. The summed E-state index contributed by atoms with van der Waals surface area (Å²) in [5.41, 5.74) is 0.988. The highest BCUT2D eigenvalue weighted by Gasteiger charge is 2.26. The number of ether oxygens (including phenoxy) is 1. The molecule has 19 heavy (non-hydrogen) atoms. The minimum Gasteiger partial charge on any atom is -0.374 e. The van der Waals surface area contributed by atoms with Gasteiger partial charge in [0.05, 0.1) is 12.7 Å². The molecule has 1 aromatic rings. The summed E-state index contributed by atoms with van der Waals surface area (Å²) in [6.45, 7) is 2.68. The van der Waals surface area contributed by atoms with E-state index in [0.717, 1.165) is 41.7 Å². The molecular formula is C14H20Cl2N2O. The van der Waals surface area contributed by atoms with E-state index in [1.807, 2.05) is 25.2 Å². The SMILES string of the molecule is CNC(Cc1c(Cl)cccc1Cl)C1CN(C)CCO1. The first kappa shape index (κ1) is 15.1. The Morgan fingerprint density at radius 3 is 2.68 bits per heavy atom. The van der Waals surface area contributed by atoms with E-state index in [1.54, 1.807) is 0 Å². The van der Waals surface area contributed by atoms with Crippen molar-refractivity contribution in [1.82, 2.24) is 10.2 Å². The van der Waals surface area contributed by atoms with E-state index in [2.05, 4.69) is 17.3 Å². The third-order valence-corrected chi connectivity index (χ3v) is 4.31. The van der Waals surface area contributed by atoms with E-state index in [4.69, 9.17) is 27.9 Å². The van der Waals surface area contributed by atoms with Gasteiger partial charge in [-0.2, -0.15) is 0 Å². The van der Waals surface area contributed by atoms with Crippen LogP contribution in [-0.2, 0) is 11.2 Å². The molecule has 0 spiro atoms. The maximum absolute atomic E-state index is 6.23. The average Bonchev–Trinajstić information content (AvgIpc) is 2.38. The van der Waals surface area contributed by atoms with Crippen molar-refractivity contribution in [3.8, 4) is 0 Å². The first-order valence-corrected chi connectivity index (χ1v) is 7.27. The minimum atomic E-state index is 0.163. The summed E-state index contributed by atoms with van der Waals surface area (Å²) in [6, 6.07) is 5.83. The summed E-state index contributed by atoms with van der Waals surface area (Å²) in [5.74, 6) is 0. The molecule has 5 heteroatoms. The summed E-state index contributed by atoms with van der Waals surface area (Å²) < 4.78 is 5.86. The van der Waals surface area contributed by atoms with E-state index < -0.39 is 0 Å². The molecule has 1 saturated heterocycles. The number of likely N-dealkylation sites (N-methyl/N-ethyl adjacent to an activating group) is 2. The van der Waals surface area contributed by atoms with Crippen molar-refractivity contribution in [3.63, 3.8) is 0 Å². The lowest BCUT2D eigenvalue weighted by molar-refractivity contribution is -0.0372.